The molecule has 2 aromatic carbocycles. The van der Waals surface area contributed by atoms with E-state index in [1.165, 1.54) is 18.3 Å². The van der Waals surface area contributed by atoms with Gasteiger partial charge in [-0.1, -0.05) is 41.9 Å². The van der Waals surface area contributed by atoms with Gasteiger partial charge in [-0.25, -0.2) is 4.79 Å². The van der Waals surface area contributed by atoms with Crippen molar-refractivity contribution in [2.45, 2.75) is 26.5 Å². The molecule has 1 amide bonds. The number of esters is 1. The van der Waals surface area contributed by atoms with Crippen LogP contribution in [0.25, 0.3) is 10.2 Å². The molecule has 0 bridgehead atoms. The Morgan fingerprint density at radius 2 is 1.97 bits per heavy atom. The fourth-order valence-electron chi connectivity index (χ4n) is 3.30. The van der Waals surface area contributed by atoms with Crippen molar-refractivity contribution in [3.63, 3.8) is 0 Å². The topological polar surface area (TPSA) is 97.0 Å². The minimum atomic E-state index is -1.05. The second-order valence-electron chi connectivity index (χ2n) is 7.36. The van der Waals surface area contributed by atoms with Crippen LogP contribution in [0, 0.1) is 18.3 Å². The third-order valence-electron chi connectivity index (χ3n) is 5.04. The summed E-state index contributed by atoms with van der Waals surface area (Å²) in [6.07, 6.45) is -1.05. The van der Waals surface area contributed by atoms with E-state index in [-0.39, 0.29) is 0 Å². The van der Waals surface area contributed by atoms with E-state index < -0.39 is 18.0 Å². The average Bonchev–Trinajstić information content (AvgIpc) is 3.37. The number of aromatic nitrogens is 2. The fourth-order valence-corrected chi connectivity index (χ4v) is 4.54. The summed E-state index contributed by atoms with van der Waals surface area (Å²) in [5.41, 5.74) is 2.40. The van der Waals surface area contributed by atoms with Gasteiger partial charge in [0.05, 0.1) is 23.5 Å². The quantitative estimate of drug-likeness (QED) is 0.386. The molecule has 9 heteroatoms. The van der Waals surface area contributed by atoms with Crippen LogP contribution < -0.4 is 5.32 Å². The summed E-state index contributed by atoms with van der Waals surface area (Å²) >= 11 is 7.53. The van der Waals surface area contributed by atoms with Gasteiger partial charge >= 0.3 is 5.97 Å². The van der Waals surface area contributed by atoms with Gasteiger partial charge < -0.3 is 10.1 Å². The van der Waals surface area contributed by atoms with Crippen LogP contribution in [-0.2, 0) is 16.1 Å². The molecule has 7 nitrogen and oxygen atoms in total. The van der Waals surface area contributed by atoms with Gasteiger partial charge in [-0.05, 0) is 43.7 Å². The molecule has 0 radical (unpaired) electrons. The standard InChI is InChI=1S/C24H19ClN4O3S/c1-14-18-11-21(33-23(18)29(28-14)13-17-8-3-5-9-19(17)25)24(31)32-15(2)22(30)27-20-10-6-4-7-16(20)12-26/h3-11,15H,13H2,1-2H3,(H,27,30). The van der Waals surface area contributed by atoms with Crippen molar-refractivity contribution in [2.24, 2.45) is 0 Å². The minimum absolute atomic E-state index is 0.326. The summed E-state index contributed by atoms with van der Waals surface area (Å²) < 4.78 is 7.19. The molecule has 4 rings (SSSR count). The first kappa shape index (κ1) is 22.5. The Balaban J connectivity index is 1.49. The Kier molecular flexibility index (Phi) is 6.45. The van der Waals surface area contributed by atoms with Crippen molar-refractivity contribution in [1.82, 2.24) is 9.78 Å². The molecule has 1 N–H and O–H groups in total. The maximum atomic E-state index is 12.7. The summed E-state index contributed by atoms with van der Waals surface area (Å²) in [5, 5.41) is 17.9. The number of carbonyl (C=O) groups is 2. The van der Waals surface area contributed by atoms with Crippen molar-refractivity contribution in [1.29, 1.82) is 5.26 Å². The number of thiophene rings is 1. The summed E-state index contributed by atoms with van der Waals surface area (Å²) in [4.78, 5) is 26.4. The fraction of sp³-hybridized carbons (Fsp3) is 0.167. The van der Waals surface area contributed by atoms with Crippen molar-refractivity contribution < 1.29 is 14.3 Å². The number of fused-ring (bicyclic) bond motifs is 1. The highest BCUT2D eigenvalue weighted by Gasteiger charge is 2.23. The molecule has 4 aromatic rings. The molecule has 0 spiro atoms. The molecule has 0 saturated heterocycles. The smallest absolute Gasteiger partial charge is 0.349 e. The maximum Gasteiger partial charge on any atom is 0.349 e. The number of halogens is 1. The van der Waals surface area contributed by atoms with Crippen LogP contribution in [0.1, 0.15) is 33.4 Å². The number of para-hydroxylation sites is 1. The number of nitrogens with zero attached hydrogens (tertiary/aromatic N) is 3. The van der Waals surface area contributed by atoms with Crippen LogP contribution in [0.3, 0.4) is 0 Å². The van der Waals surface area contributed by atoms with E-state index in [1.807, 2.05) is 41.9 Å². The maximum absolute atomic E-state index is 12.7. The molecule has 0 fully saturated rings. The van der Waals surface area contributed by atoms with E-state index in [0.717, 1.165) is 21.5 Å². The van der Waals surface area contributed by atoms with E-state index in [9.17, 15) is 9.59 Å². The number of nitrogens with one attached hydrogen (secondary N) is 1. The zero-order valence-corrected chi connectivity index (χ0v) is 19.4. The first-order chi connectivity index (χ1) is 15.9. The van der Waals surface area contributed by atoms with Crippen molar-refractivity contribution in [2.75, 3.05) is 5.32 Å². The van der Waals surface area contributed by atoms with Gasteiger partial charge in [-0.15, -0.1) is 11.3 Å². The highest BCUT2D eigenvalue weighted by atomic mass is 35.5. The predicted octanol–water partition coefficient (Wildman–Crippen LogP) is 5.16. The molecule has 1 unspecified atom stereocenters. The summed E-state index contributed by atoms with van der Waals surface area (Å²) in [6.45, 7) is 3.83. The van der Waals surface area contributed by atoms with Crippen molar-refractivity contribution in [3.8, 4) is 6.07 Å². The lowest BCUT2D eigenvalue weighted by Crippen LogP contribution is -2.30. The lowest BCUT2D eigenvalue weighted by atomic mass is 10.2. The first-order valence-corrected chi connectivity index (χ1v) is 11.3. The lowest BCUT2D eigenvalue weighted by Gasteiger charge is -2.13. The Hall–Kier alpha value is -3.67. The SMILES string of the molecule is Cc1nn(Cc2ccccc2Cl)c2sc(C(=O)OC(C)C(=O)Nc3ccccc3C#N)cc12. The molecule has 1 atom stereocenters. The van der Waals surface area contributed by atoms with Crippen LogP contribution in [-0.4, -0.2) is 27.8 Å². The molecule has 0 aliphatic carbocycles. The molecule has 166 valence electrons. The molecule has 0 aliphatic heterocycles. The van der Waals surface area contributed by atoms with Gasteiger partial charge in [0.2, 0.25) is 0 Å². The highest BCUT2D eigenvalue weighted by Crippen LogP contribution is 2.30. The van der Waals surface area contributed by atoms with Crippen LogP contribution in [0.15, 0.2) is 54.6 Å². The van der Waals surface area contributed by atoms with Gasteiger partial charge in [0, 0.05) is 10.4 Å². The monoisotopic (exact) mass is 478 g/mol. The molecule has 2 heterocycles. The number of hydrogen-bond acceptors (Lipinski definition) is 6. The Morgan fingerprint density at radius 1 is 1.24 bits per heavy atom. The van der Waals surface area contributed by atoms with E-state index >= 15 is 0 Å². The summed E-state index contributed by atoms with van der Waals surface area (Å²) in [7, 11) is 0. The number of ether oxygens (including phenoxy) is 1. The van der Waals surface area contributed by atoms with Gasteiger partial charge in [-0.3, -0.25) is 9.48 Å². The third kappa shape index (κ3) is 4.75. The molecule has 0 aliphatic rings. The zero-order valence-electron chi connectivity index (χ0n) is 17.8. The number of rotatable bonds is 6. The van der Waals surface area contributed by atoms with Crippen LogP contribution >= 0.6 is 22.9 Å². The zero-order chi connectivity index (χ0) is 23.5. The average molecular weight is 479 g/mol. The number of amides is 1. The normalized spacial score (nSPS) is 11.7. The number of aryl methyl sites for hydroxylation is 1. The molecule has 0 saturated carbocycles. The Morgan fingerprint density at radius 3 is 2.73 bits per heavy atom. The van der Waals surface area contributed by atoms with Crippen LogP contribution in [0.5, 0.6) is 0 Å². The first-order valence-electron chi connectivity index (χ1n) is 10.1. The van der Waals surface area contributed by atoms with Crippen LogP contribution in [0.2, 0.25) is 5.02 Å². The number of hydrogen-bond donors (Lipinski definition) is 1. The predicted molar refractivity (Wildman–Crippen MR) is 128 cm³/mol. The Bertz CT molecular complexity index is 1400. The van der Waals surface area contributed by atoms with E-state index in [2.05, 4.69) is 10.4 Å². The second-order valence-corrected chi connectivity index (χ2v) is 8.80. The summed E-state index contributed by atoms with van der Waals surface area (Å²) in [5.74, 6) is -1.12. The minimum Gasteiger partial charge on any atom is -0.448 e. The summed E-state index contributed by atoms with van der Waals surface area (Å²) in [6, 6.07) is 17.9. The lowest BCUT2D eigenvalue weighted by molar-refractivity contribution is -0.123. The molecule has 2 aromatic heterocycles. The van der Waals surface area contributed by atoms with E-state index in [1.54, 1.807) is 30.3 Å². The number of carbonyl (C=O) groups excluding carboxylic acids is 2. The third-order valence-corrected chi connectivity index (χ3v) is 6.54. The van der Waals surface area contributed by atoms with Crippen LogP contribution in [0.4, 0.5) is 5.69 Å². The largest absolute Gasteiger partial charge is 0.448 e. The van der Waals surface area contributed by atoms with E-state index in [4.69, 9.17) is 21.6 Å². The second kappa shape index (κ2) is 9.45. The number of benzene rings is 2. The molecular formula is C24H19ClN4O3S. The van der Waals surface area contributed by atoms with E-state index in [0.29, 0.717) is 27.7 Å². The van der Waals surface area contributed by atoms with Gasteiger partial charge in [0.25, 0.3) is 5.91 Å². The number of anilines is 1. The Labute approximate surface area is 199 Å². The molecular weight excluding hydrogens is 460 g/mol. The number of nitriles is 1. The van der Waals surface area contributed by atoms with Gasteiger partial charge in [-0.2, -0.15) is 10.4 Å². The van der Waals surface area contributed by atoms with Gasteiger partial charge in [0.15, 0.2) is 6.10 Å². The van der Waals surface area contributed by atoms with Gasteiger partial charge in [0.1, 0.15) is 15.8 Å². The highest BCUT2D eigenvalue weighted by molar-refractivity contribution is 7.20. The van der Waals surface area contributed by atoms with Crippen molar-refractivity contribution in [3.05, 3.63) is 81.3 Å². The van der Waals surface area contributed by atoms with Crippen molar-refractivity contribution >= 4 is 50.7 Å². The molecule has 33 heavy (non-hydrogen) atoms.